The van der Waals surface area contributed by atoms with Crippen molar-refractivity contribution in [3.8, 4) is 11.3 Å². The molecule has 0 aliphatic carbocycles. The molecule has 2 heterocycles. The Bertz CT molecular complexity index is 1450. The van der Waals surface area contributed by atoms with E-state index in [1.807, 2.05) is 62.8 Å². The number of carbonyl (C=O) groups excluding carboxylic acids is 1. The predicted molar refractivity (Wildman–Crippen MR) is 140 cm³/mol. The smallest absolute Gasteiger partial charge is 0.257 e. The molecule has 5 aromatic rings. The maximum Gasteiger partial charge on any atom is 0.257 e. The van der Waals surface area contributed by atoms with Crippen LogP contribution in [0.4, 0.5) is 5.69 Å². The van der Waals surface area contributed by atoms with Gasteiger partial charge in [-0.2, -0.15) is 0 Å². The number of benzene rings is 3. The van der Waals surface area contributed by atoms with Gasteiger partial charge in [-0.15, -0.1) is 0 Å². The molecule has 0 spiro atoms. The Morgan fingerprint density at radius 3 is 2.46 bits per heavy atom. The summed E-state index contributed by atoms with van der Waals surface area (Å²) in [4.78, 5) is 18.9. The summed E-state index contributed by atoms with van der Waals surface area (Å²) in [7, 11) is 4.05. The number of aromatic amines is 1. The maximum atomic E-state index is 13.4. The second-order valence-electron chi connectivity index (χ2n) is 8.87. The molecule has 0 saturated heterocycles. The van der Waals surface area contributed by atoms with Gasteiger partial charge in [-0.3, -0.25) is 4.79 Å². The van der Waals surface area contributed by atoms with Crippen molar-refractivity contribution in [2.75, 3.05) is 25.5 Å². The van der Waals surface area contributed by atoms with Gasteiger partial charge in [0, 0.05) is 54.9 Å². The molecule has 0 saturated carbocycles. The Kier molecular flexibility index (Phi) is 6.10. The summed E-state index contributed by atoms with van der Waals surface area (Å²) in [5.74, 6) is 0.268. The monoisotopic (exact) mass is 464 g/mol. The first-order chi connectivity index (χ1) is 17.0. The molecule has 0 aliphatic heterocycles. The van der Waals surface area contributed by atoms with E-state index in [9.17, 15) is 4.79 Å². The van der Waals surface area contributed by atoms with E-state index in [1.54, 1.807) is 6.92 Å². The number of para-hydroxylation sites is 1. The molecule has 35 heavy (non-hydrogen) atoms. The van der Waals surface area contributed by atoms with Gasteiger partial charge in [-0.25, -0.2) is 0 Å². The van der Waals surface area contributed by atoms with Crippen molar-refractivity contribution < 1.29 is 9.32 Å². The van der Waals surface area contributed by atoms with E-state index in [2.05, 4.69) is 56.8 Å². The molecule has 0 fully saturated rings. The molecular weight excluding hydrogens is 436 g/mol. The third-order valence-electron chi connectivity index (χ3n) is 6.41. The number of hydrogen-bond donors (Lipinski definition) is 2. The topological polar surface area (TPSA) is 74.2 Å². The van der Waals surface area contributed by atoms with Crippen LogP contribution in [0.1, 0.15) is 33.2 Å². The zero-order valence-electron chi connectivity index (χ0n) is 20.1. The van der Waals surface area contributed by atoms with Crippen molar-refractivity contribution in [1.29, 1.82) is 0 Å². The Morgan fingerprint density at radius 2 is 1.71 bits per heavy atom. The second kappa shape index (κ2) is 9.50. The van der Waals surface area contributed by atoms with Gasteiger partial charge in [-0.05, 0) is 36.2 Å². The van der Waals surface area contributed by atoms with Crippen LogP contribution >= 0.6 is 0 Å². The molecule has 2 aromatic heterocycles. The zero-order valence-corrected chi connectivity index (χ0v) is 20.1. The maximum absolute atomic E-state index is 13.4. The van der Waals surface area contributed by atoms with E-state index in [-0.39, 0.29) is 11.8 Å². The third-order valence-corrected chi connectivity index (χ3v) is 6.41. The van der Waals surface area contributed by atoms with Gasteiger partial charge < -0.3 is 19.7 Å². The highest BCUT2D eigenvalue weighted by Crippen LogP contribution is 2.32. The molecule has 2 N–H and O–H groups in total. The summed E-state index contributed by atoms with van der Waals surface area (Å²) in [6, 6.07) is 26.3. The lowest BCUT2D eigenvalue weighted by Gasteiger charge is -2.20. The molecule has 0 aliphatic rings. The number of nitrogens with one attached hydrogen (secondary N) is 2. The Labute approximate surface area is 204 Å². The van der Waals surface area contributed by atoms with Gasteiger partial charge >= 0.3 is 0 Å². The molecule has 5 rings (SSSR count). The minimum absolute atomic E-state index is 0.0355. The van der Waals surface area contributed by atoms with E-state index in [0.29, 0.717) is 23.6 Å². The molecule has 0 radical (unpaired) electrons. The van der Waals surface area contributed by atoms with E-state index in [4.69, 9.17) is 4.52 Å². The second-order valence-corrected chi connectivity index (χ2v) is 8.87. The first-order valence-corrected chi connectivity index (χ1v) is 11.7. The number of hydrogen-bond acceptors (Lipinski definition) is 4. The third kappa shape index (κ3) is 4.43. The van der Waals surface area contributed by atoms with Crippen LogP contribution in [-0.2, 0) is 0 Å². The molecule has 0 bridgehead atoms. The zero-order chi connectivity index (χ0) is 24.4. The highest BCUT2D eigenvalue weighted by atomic mass is 16.5. The first kappa shape index (κ1) is 22.5. The van der Waals surface area contributed by atoms with E-state index >= 15 is 0 Å². The van der Waals surface area contributed by atoms with Crippen molar-refractivity contribution in [3.63, 3.8) is 0 Å². The summed E-state index contributed by atoms with van der Waals surface area (Å²) < 4.78 is 5.41. The lowest BCUT2D eigenvalue weighted by Crippen LogP contribution is -2.29. The summed E-state index contributed by atoms with van der Waals surface area (Å²) in [5, 5.41) is 8.47. The van der Waals surface area contributed by atoms with Gasteiger partial charge in [0.2, 0.25) is 0 Å². The molecule has 1 unspecified atom stereocenters. The van der Waals surface area contributed by atoms with Gasteiger partial charge in [-0.1, -0.05) is 65.8 Å². The van der Waals surface area contributed by atoms with Crippen molar-refractivity contribution in [2.24, 2.45) is 0 Å². The summed E-state index contributed by atoms with van der Waals surface area (Å²) in [5.41, 5.74) is 6.35. The van der Waals surface area contributed by atoms with E-state index in [1.165, 1.54) is 0 Å². The first-order valence-electron chi connectivity index (χ1n) is 11.7. The number of aromatic nitrogens is 2. The van der Waals surface area contributed by atoms with Crippen molar-refractivity contribution in [3.05, 3.63) is 108 Å². The van der Waals surface area contributed by atoms with Gasteiger partial charge in [0.05, 0.1) is 0 Å². The standard InChI is InChI=1S/C29H28N4O2/c1-19-27(28(32-35-19)21-9-5-4-6-10-21)29(34)31-17-24(20-13-15-22(16-14-20)33(2)3)25-18-30-26-12-8-7-11-23(25)26/h4-16,18,24,30H,17H2,1-3H3,(H,31,34). The fourth-order valence-corrected chi connectivity index (χ4v) is 4.51. The highest BCUT2D eigenvalue weighted by Gasteiger charge is 2.24. The number of rotatable bonds is 7. The average molecular weight is 465 g/mol. The lowest BCUT2D eigenvalue weighted by atomic mass is 9.90. The summed E-state index contributed by atoms with van der Waals surface area (Å²) in [6.07, 6.45) is 2.04. The van der Waals surface area contributed by atoms with Crippen molar-refractivity contribution in [2.45, 2.75) is 12.8 Å². The Hall–Kier alpha value is -4.32. The number of amides is 1. The van der Waals surface area contributed by atoms with E-state index in [0.717, 1.165) is 33.3 Å². The normalized spacial score (nSPS) is 12.0. The quantitative estimate of drug-likeness (QED) is 0.321. The van der Waals surface area contributed by atoms with Gasteiger partial charge in [0.15, 0.2) is 0 Å². The van der Waals surface area contributed by atoms with Crippen LogP contribution in [0.25, 0.3) is 22.2 Å². The molecule has 3 aromatic carbocycles. The molecule has 1 amide bonds. The van der Waals surface area contributed by atoms with Crippen LogP contribution in [0, 0.1) is 6.92 Å². The van der Waals surface area contributed by atoms with Crippen LogP contribution in [-0.4, -0.2) is 36.7 Å². The molecule has 176 valence electrons. The number of anilines is 1. The molecule has 1 atom stereocenters. The SMILES string of the molecule is Cc1onc(-c2ccccc2)c1C(=O)NCC(c1ccc(N(C)C)cc1)c1c[nH]c2ccccc12. The number of aryl methyl sites for hydroxylation is 1. The number of carbonyl (C=O) groups is 1. The fourth-order valence-electron chi connectivity index (χ4n) is 4.51. The van der Waals surface area contributed by atoms with Crippen LogP contribution in [0.2, 0.25) is 0 Å². The average Bonchev–Trinajstić information content (AvgIpc) is 3.49. The fraction of sp³-hybridized carbons (Fsp3) is 0.172. The van der Waals surface area contributed by atoms with Crippen LogP contribution in [0.5, 0.6) is 0 Å². The lowest BCUT2D eigenvalue weighted by molar-refractivity contribution is 0.0951. The van der Waals surface area contributed by atoms with Crippen molar-refractivity contribution >= 4 is 22.5 Å². The van der Waals surface area contributed by atoms with Gasteiger partial charge in [0.25, 0.3) is 5.91 Å². The largest absolute Gasteiger partial charge is 0.378 e. The number of H-pyrrole nitrogens is 1. The molecule has 6 heteroatoms. The highest BCUT2D eigenvalue weighted by molar-refractivity contribution is 6.00. The van der Waals surface area contributed by atoms with Crippen LogP contribution in [0.3, 0.4) is 0 Å². The summed E-state index contributed by atoms with van der Waals surface area (Å²) >= 11 is 0. The van der Waals surface area contributed by atoms with Gasteiger partial charge in [0.1, 0.15) is 17.0 Å². The summed E-state index contributed by atoms with van der Waals surface area (Å²) in [6.45, 7) is 2.20. The molecular formula is C29H28N4O2. The van der Waals surface area contributed by atoms with Crippen LogP contribution in [0.15, 0.2) is 89.6 Å². The van der Waals surface area contributed by atoms with E-state index < -0.39 is 0 Å². The van der Waals surface area contributed by atoms with Crippen molar-refractivity contribution in [1.82, 2.24) is 15.5 Å². The number of fused-ring (bicyclic) bond motifs is 1. The molecule has 6 nitrogen and oxygen atoms in total. The minimum Gasteiger partial charge on any atom is -0.378 e. The Balaban J connectivity index is 1.47. The minimum atomic E-state index is -0.197. The number of nitrogens with zero attached hydrogens (tertiary/aromatic N) is 2. The Morgan fingerprint density at radius 1 is 1.00 bits per heavy atom. The predicted octanol–water partition coefficient (Wildman–Crippen LogP) is 5.76. The van der Waals surface area contributed by atoms with Crippen LogP contribution < -0.4 is 10.2 Å².